The van der Waals surface area contributed by atoms with Crippen molar-refractivity contribution in [1.29, 1.82) is 0 Å². The molecule has 2 heterocycles. The minimum atomic E-state index is -0.301. The van der Waals surface area contributed by atoms with E-state index in [2.05, 4.69) is 10.4 Å². The van der Waals surface area contributed by atoms with Gasteiger partial charge < -0.3 is 5.32 Å². The molecule has 0 bridgehead atoms. The van der Waals surface area contributed by atoms with Crippen LogP contribution in [0.15, 0.2) is 70.4 Å². The third-order valence-electron chi connectivity index (χ3n) is 4.59. The van der Waals surface area contributed by atoms with Gasteiger partial charge in [0, 0.05) is 21.7 Å². The maximum atomic E-state index is 12.8. The number of thioether (sulfide) groups is 1. The van der Waals surface area contributed by atoms with Crippen LogP contribution in [0.2, 0.25) is 5.02 Å². The van der Waals surface area contributed by atoms with Gasteiger partial charge in [-0.25, -0.2) is 4.68 Å². The zero-order valence-electron chi connectivity index (χ0n) is 15.0. The van der Waals surface area contributed by atoms with E-state index >= 15 is 0 Å². The monoisotopic (exact) mass is 411 g/mol. The third kappa shape index (κ3) is 4.13. The summed E-state index contributed by atoms with van der Waals surface area (Å²) in [6, 6.07) is 18.0. The molecule has 5 nitrogen and oxygen atoms in total. The van der Waals surface area contributed by atoms with Crippen LogP contribution in [-0.2, 0) is 6.54 Å². The fourth-order valence-electron chi connectivity index (χ4n) is 3.19. The van der Waals surface area contributed by atoms with Gasteiger partial charge >= 0.3 is 0 Å². The van der Waals surface area contributed by atoms with Gasteiger partial charge in [0.15, 0.2) is 0 Å². The van der Waals surface area contributed by atoms with Gasteiger partial charge in [0.1, 0.15) is 5.69 Å². The highest BCUT2D eigenvalue weighted by Gasteiger charge is 2.24. The molecule has 1 aliphatic heterocycles. The molecule has 1 amide bonds. The molecule has 7 heteroatoms. The topological polar surface area (TPSA) is 64.0 Å². The second kappa shape index (κ2) is 8.20. The molecule has 1 unspecified atom stereocenters. The highest BCUT2D eigenvalue weighted by molar-refractivity contribution is 7.99. The lowest BCUT2D eigenvalue weighted by molar-refractivity contribution is 0.0927. The molecule has 142 valence electrons. The summed E-state index contributed by atoms with van der Waals surface area (Å²) in [5.74, 6) is 0.616. The normalized spacial score (nSPS) is 15.7. The van der Waals surface area contributed by atoms with E-state index < -0.39 is 0 Å². The van der Waals surface area contributed by atoms with Crippen molar-refractivity contribution in [2.45, 2.75) is 23.9 Å². The summed E-state index contributed by atoms with van der Waals surface area (Å²) >= 11 is 7.90. The first-order valence-corrected chi connectivity index (χ1v) is 10.3. The molecule has 4 rings (SSSR count). The number of carbonyl (C=O) groups is 1. The SMILES string of the molecule is O=C(NC1CCSc2ccc(Cl)cc21)c1ccc(=O)n(Cc2ccccc2)n1. The summed E-state index contributed by atoms with van der Waals surface area (Å²) in [7, 11) is 0. The number of nitrogens with one attached hydrogen (secondary N) is 1. The van der Waals surface area contributed by atoms with Crippen molar-refractivity contribution in [2.75, 3.05) is 5.75 Å². The third-order valence-corrected chi connectivity index (χ3v) is 5.95. The van der Waals surface area contributed by atoms with E-state index in [1.54, 1.807) is 11.8 Å². The van der Waals surface area contributed by atoms with Crippen LogP contribution in [0.1, 0.15) is 34.1 Å². The molecular weight excluding hydrogens is 394 g/mol. The molecule has 0 saturated heterocycles. The number of carbonyl (C=O) groups excluding carboxylic acids is 1. The van der Waals surface area contributed by atoms with Crippen molar-refractivity contribution in [2.24, 2.45) is 0 Å². The molecule has 0 radical (unpaired) electrons. The van der Waals surface area contributed by atoms with E-state index in [1.807, 2.05) is 48.5 Å². The molecule has 0 saturated carbocycles. The molecule has 2 aromatic carbocycles. The number of benzene rings is 2. The second-order valence-electron chi connectivity index (χ2n) is 6.55. The number of halogens is 1. The quantitative estimate of drug-likeness (QED) is 0.706. The highest BCUT2D eigenvalue weighted by atomic mass is 35.5. The molecule has 1 aromatic heterocycles. The van der Waals surface area contributed by atoms with E-state index in [0.717, 1.165) is 28.2 Å². The molecule has 0 fully saturated rings. The van der Waals surface area contributed by atoms with Gasteiger partial charge in [-0.3, -0.25) is 9.59 Å². The largest absolute Gasteiger partial charge is 0.344 e. The van der Waals surface area contributed by atoms with Crippen molar-refractivity contribution < 1.29 is 4.79 Å². The average molecular weight is 412 g/mol. The number of hydrogen-bond acceptors (Lipinski definition) is 4. The van der Waals surface area contributed by atoms with Crippen LogP contribution < -0.4 is 10.9 Å². The van der Waals surface area contributed by atoms with E-state index in [-0.39, 0.29) is 23.2 Å². The number of hydrogen-bond donors (Lipinski definition) is 1. The molecular formula is C21H18ClN3O2S. The lowest BCUT2D eigenvalue weighted by Crippen LogP contribution is -2.33. The van der Waals surface area contributed by atoms with Crippen LogP contribution in [0.3, 0.4) is 0 Å². The summed E-state index contributed by atoms with van der Waals surface area (Å²) in [5.41, 5.74) is 1.95. The Morgan fingerprint density at radius 3 is 2.82 bits per heavy atom. The Morgan fingerprint density at radius 2 is 2.00 bits per heavy atom. The zero-order valence-corrected chi connectivity index (χ0v) is 16.5. The minimum Gasteiger partial charge on any atom is -0.344 e. The summed E-state index contributed by atoms with van der Waals surface area (Å²) in [6.07, 6.45) is 0.813. The van der Waals surface area contributed by atoms with E-state index in [0.29, 0.717) is 11.6 Å². The summed E-state index contributed by atoms with van der Waals surface area (Å²) in [6.45, 7) is 0.319. The predicted molar refractivity (Wildman–Crippen MR) is 111 cm³/mol. The number of rotatable bonds is 4. The molecule has 1 atom stereocenters. The van der Waals surface area contributed by atoms with Crippen molar-refractivity contribution in [3.05, 3.63) is 92.9 Å². The Balaban J connectivity index is 1.56. The first-order valence-electron chi connectivity index (χ1n) is 8.95. The Bertz CT molecular complexity index is 1070. The maximum absolute atomic E-state index is 12.8. The van der Waals surface area contributed by atoms with Crippen molar-refractivity contribution in [3.8, 4) is 0 Å². The van der Waals surface area contributed by atoms with Gasteiger partial charge in [-0.1, -0.05) is 41.9 Å². The number of fused-ring (bicyclic) bond motifs is 1. The molecule has 3 aromatic rings. The predicted octanol–water partition coefficient (Wildman–Crippen LogP) is 3.91. The summed E-state index contributed by atoms with van der Waals surface area (Å²) < 4.78 is 1.31. The molecule has 0 aliphatic carbocycles. The highest BCUT2D eigenvalue weighted by Crippen LogP contribution is 2.37. The zero-order chi connectivity index (χ0) is 19.5. The second-order valence-corrected chi connectivity index (χ2v) is 8.12. The Hall–Kier alpha value is -2.57. The van der Waals surface area contributed by atoms with Crippen molar-refractivity contribution >= 4 is 29.3 Å². The Kier molecular flexibility index (Phi) is 5.50. The first kappa shape index (κ1) is 18.8. The van der Waals surface area contributed by atoms with E-state index in [9.17, 15) is 9.59 Å². The van der Waals surface area contributed by atoms with Gasteiger partial charge in [0.25, 0.3) is 11.5 Å². The van der Waals surface area contributed by atoms with Gasteiger partial charge in [-0.2, -0.15) is 5.10 Å². The Labute approximate surface area is 171 Å². The summed E-state index contributed by atoms with van der Waals surface area (Å²) in [4.78, 5) is 26.1. The number of aromatic nitrogens is 2. The van der Waals surface area contributed by atoms with Crippen molar-refractivity contribution in [3.63, 3.8) is 0 Å². The fourth-order valence-corrected chi connectivity index (χ4v) is 4.47. The lowest BCUT2D eigenvalue weighted by Gasteiger charge is -2.26. The van der Waals surface area contributed by atoms with E-state index in [1.165, 1.54) is 16.8 Å². The van der Waals surface area contributed by atoms with Crippen LogP contribution in [0.4, 0.5) is 0 Å². The number of nitrogens with zero attached hydrogens (tertiary/aromatic N) is 2. The summed E-state index contributed by atoms with van der Waals surface area (Å²) in [5, 5.41) is 7.96. The molecule has 28 heavy (non-hydrogen) atoms. The standard InChI is InChI=1S/C21H18ClN3O2S/c22-15-6-8-19-16(12-15)17(10-11-28-19)23-21(27)18-7-9-20(26)25(24-18)13-14-4-2-1-3-5-14/h1-9,12,17H,10-11,13H2,(H,23,27). The van der Waals surface area contributed by atoms with E-state index in [4.69, 9.17) is 11.6 Å². The molecule has 1 aliphatic rings. The van der Waals surface area contributed by atoms with Gasteiger partial charge in [-0.15, -0.1) is 11.8 Å². The maximum Gasteiger partial charge on any atom is 0.272 e. The van der Waals surface area contributed by atoms with Crippen LogP contribution in [0.5, 0.6) is 0 Å². The molecule has 0 spiro atoms. The number of amides is 1. The van der Waals surface area contributed by atoms with Gasteiger partial charge in [0.05, 0.1) is 12.6 Å². The Morgan fingerprint density at radius 1 is 1.18 bits per heavy atom. The van der Waals surface area contributed by atoms with Gasteiger partial charge in [-0.05, 0) is 41.8 Å². The van der Waals surface area contributed by atoms with Crippen LogP contribution >= 0.6 is 23.4 Å². The van der Waals surface area contributed by atoms with Crippen LogP contribution in [0, 0.1) is 0 Å². The lowest BCUT2D eigenvalue weighted by atomic mass is 10.0. The smallest absolute Gasteiger partial charge is 0.272 e. The van der Waals surface area contributed by atoms with Crippen LogP contribution in [0.25, 0.3) is 0 Å². The molecule has 1 N–H and O–H groups in total. The fraction of sp³-hybridized carbons (Fsp3) is 0.190. The minimum absolute atomic E-state index is 0.126. The van der Waals surface area contributed by atoms with Crippen molar-refractivity contribution in [1.82, 2.24) is 15.1 Å². The average Bonchev–Trinajstić information content (AvgIpc) is 2.71. The van der Waals surface area contributed by atoms with Gasteiger partial charge in [0.2, 0.25) is 0 Å². The van der Waals surface area contributed by atoms with Crippen LogP contribution in [-0.4, -0.2) is 21.4 Å². The first-order chi connectivity index (χ1) is 13.6.